The molecule has 0 bridgehead atoms. The van der Waals surface area contributed by atoms with Gasteiger partial charge in [0.25, 0.3) is 5.69 Å². The Kier molecular flexibility index (Phi) is 5.14. The summed E-state index contributed by atoms with van der Waals surface area (Å²) in [7, 11) is 1.46. The van der Waals surface area contributed by atoms with Gasteiger partial charge < -0.3 is 14.6 Å². The lowest BCUT2D eigenvalue weighted by molar-refractivity contribution is -0.384. The Morgan fingerprint density at radius 2 is 1.91 bits per heavy atom. The maximum atomic E-state index is 11.4. The number of hydrogen-bond acceptors (Lipinski definition) is 5. The number of aliphatic carboxylic acids is 1. The minimum atomic E-state index is -1.19. The molecule has 0 aliphatic heterocycles. The van der Waals surface area contributed by atoms with Crippen molar-refractivity contribution < 1.29 is 24.3 Å². The predicted octanol–water partition coefficient (Wildman–Crippen LogP) is 2.68. The number of ether oxygens (including phenoxy) is 2. The van der Waals surface area contributed by atoms with Crippen LogP contribution in [-0.2, 0) is 11.2 Å². The highest BCUT2D eigenvalue weighted by Gasteiger charge is 2.22. The summed E-state index contributed by atoms with van der Waals surface area (Å²) in [4.78, 5) is 21.7. The Bertz CT molecular complexity index is 715. The van der Waals surface area contributed by atoms with Gasteiger partial charge in [-0.25, -0.2) is 4.79 Å². The lowest BCUT2D eigenvalue weighted by atomic mass is 10.1. The van der Waals surface area contributed by atoms with E-state index < -0.39 is 17.0 Å². The first-order valence-electron chi connectivity index (χ1n) is 6.77. The zero-order valence-corrected chi connectivity index (χ0v) is 12.3. The molecule has 0 heterocycles. The SMILES string of the molecule is COc1ccccc1O[C@@H](Cc1cccc([N+](=O)[O-])c1)C(=O)O. The molecule has 0 amide bonds. The molecule has 7 nitrogen and oxygen atoms in total. The van der Waals surface area contributed by atoms with E-state index in [9.17, 15) is 20.0 Å². The van der Waals surface area contributed by atoms with Crippen molar-refractivity contribution in [3.8, 4) is 11.5 Å². The number of nitro groups is 1. The summed E-state index contributed by atoms with van der Waals surface area (Å²) in [6, 6.07) is 12.5. The molecule has 120 valence electrons. The van der Waals surface area contributed by atoms with E-state index in [1.807, 2.05) is 0 Å². The smallest absolute Gasteiger partial charge is 0.345 e. The molecule has 0 fully saturated rings. The lowest BCUT2D eigenvalue weighted by Crippen LogP contribution is -2.29. The average Bonchev–Trinajstić information content (AvgIpc) is 2.54. The molecule has 0 aromatic heterocycles. The van der Waals surface area contributed by atoms with Crippen molar-refractivity contribution in [1.82, 2.24) is 0 Å². The molecule has 23 heavy (non-hydrogen) atoms. The minimum absolute atomic E-state index is 0.00490. The van der Waals surface area contributed by atoms with Crippen LogP contribution in [0.2, 0.25) is 0 Å². The maximum Gasteiger partial charge on any atom is 0.345 e. The Morgan fingerprint density at radius 3 is 2.52 bits per heavy atom. The molecule has 7 heteroatoms. The number of para-hydroxylation sites is 2. The van der Waals surface area contributed by atoms with E-state index in [4.69, 9.17) is 9.47 Å². The quantitative estimate of drug-likeness (QED) is 0.622. The average molecular weight is 317 g/mol. The van der Waals surface area contributed by atoms with E-state index in [1.165, 1.54) is 25.3 Å². The van der Waals surface area contributed by atoms with Crippen LogP contribution in [0.4, 0.5) is 5.69 Å². The van der Waals surface area contributed by atoms with Crippen LogP contribution in [0.25, 0.3) is 0 Å². The number of non-ortho nitro benzene ring substituents is 1. The van der Waals surface area contributed by atoms with E-state index in [0.29, 0.717) is 17.1 Å². The number of carbonyl (C=O) groups is 1. The highest BCUT2D eigenvalue weighted by atomic mass is 16.6. The zero-order valence-electron chi connectivity index (χ0n) is 12.3. The van der Waals surface area contributed by atoms with Gasteiger partial charge in [-0.15, -0.1) is 0 Å². The van der Waals surface area contributed by atoms with Crippen LogP contribution in [0.15, 0.2) is 48.5 Å². The molecule has 1 atom stereocenters. The van der Waals surface area contributed by atoms with Crippen molar-refractivity contribution in [2.75, 3.05) is 7.11 Å². The van der Waals surface area contributed by atoms with Gasteiger partial charge in [-0.1, -0.05) is 24.3 Å². The number of nitrogens with zero attached hydrogens (tertiary/aromatic N) is 1. The van der Waals surface area contributed by atoms with Crippen LogP contribution in [-0.4, -0.2) is 29.2 Å². The van der Waals surface area contributed by atoms with Gasteiger partial charge >= 0.3 is 5.97 Å². The van der Waals surface area contributed by atoms with Crippen LogP contribution in [0.1, 0.15) is 5.56 Å². The maximum absolute atomic E-state index is 11.4. The highest BCUT2D eigenvalue weighted by Crippen LogP contribution is 2.27. The first kappa shape index (κ1) is 16.3. The zero-order chi connectivity index (χ0) is 16.8. The van der Waals surface area contributed by atoms with Crippen LogP contribution in [0.3, 0.4) is 0 Å². The molecule has 2 rings (SSSR count). The third-order valence-corrected chi connectivity index (χ3v) is 3.16. The van der Waals surface area contributed by atoms with Crippen LogP contribution in [0, 0.1) is 10.1 Å². The van der Waals surface area contributed by atoms with E-state index in [1.54, 1.807) is 30.3 Å². The molecule has 2 aromatic rings. The monoisotopic (exact) mass is 317 g/mol. The second kappa shape index (κ2) is 7.26. The number of carboxylic acid groups (broad SMARTS) is 1. The molecule has 0 radical (unpaired) electrons. The van der Waals surface area contributed by atoms with Crippen LogP contribution >= 0.6 is 0 Å². The van der Waals surface area contributed by atoms with Crippen molar-refractivity contribution in [3.05, 3.63) is 64.2 Å². The van der Waals surface area contributed by atoms with Crippen molar-refractivity contribution in [2.24, 2.45) is 0 Å². The normalized spacial score (nSPS) is 11.5. The molecule has 0 saturated carbocycles. The van der Waals surface area contributed by atoms with Gasteiger partial charge in [-0.3, -0.25) is 10.1 Å². The Morgan fingerprint density at radius 1 is 1.22 bits per heavy atom. The third-order valence-electron chi connectivity index (χ3n) is 3.16. The van der Waals surface area contributed by atoms with Crippen molar-refractivity contribution in [2.45, 2.75) is 12.5 Å². The summed E-state index contributed by atoms with van der Waals surface area (Å²) in [6.07, 6.45) is -1.19. The minimum Gasteiger partial charge on any atom is -0.493 e. The number of nitro benzene ring substituents is 1. The van der Waals surface area contributed by atoms with Gasteiger partial charge in [-0.2, -0.15) is 0 Å². The van der Waals surface area contributed by atoms with Gasteiger partial charge in [0.15, 0.2) is 17.6 Å². The topological polar surface area (TPSA) is 98.9 Å². The summed E-state index contributed by atoms with van der Waals surface area (Å²) in [6.45, 7) is 0. The standard InChI is InChI=1S/C16H15NO6/c1-22-13-7-2-3-8-14(13)23-15(16(18)19)10-11-5-4-6-12(9-11)17(20)21/h2-9,15H,10H2,1H3,(H,18,19)/t15-/m0/s1. The number of rotatable bonds is 7. The third kappa shape index (κ3) is 4.19. The number of hydrogen-bond donors (Lipinski definition) is 1. The van der Waals surface area contributed by atoms with Crippen molar-refractivity contribution in [3.63, 3.8) is 0 Å². The molecule has 0 aliphatic carbocycles. The fraction of sp³-hybridized carbons (Fsp3) is 0.188. The summed E-state index contributed by atoms with van der Waals surface area (Å²) >= 11 is 0. The van der Waals surface area contributed by atoms with Gasteiger partial charge in [0.05, 0.1) is 12.0 Å². The molecular weight excluding hydrogens is 302 g/mol. The van der Waals surface area contributed by atoms with Gasteiger partial charge in [0.2, 0.25) is 0 Å². The number of methoxy groups -OCH3 is 1. The fourth-order valence-electron chi connectivity index (χ4n) is 2.06. The van der Waals surface area contributed by atoms with E-state index >= 15 is 0 Å². The second-order valence-electron chi connectivity index (χ2n) is 4.73. The first-order valence-corrected chi connectivity index (χ1v) is 6.77. The predicted molar refractivity (Wildman–Crippen MR) is 81.8 cm³/mol. The summed E-state index contributed by atoms with van der Waals surface area (Å²) in [5.41, 5.74) is 0.408. The summed E-state index contributed by atoms with van der Waals surface area (Å²) in [5, 5.41) is 20.1. The van der Waals surface area contributed by atoms with Crippen LogP contribution in [0.5, 0.6) is 11.5 Å². The van der Waals surface area contributed by atoms with E-state index in [2.05, 4.69) is 0 Å². The molecule has 0 unspecified atom stereocenters. The first-order chi connectivity index (χ1) is 11.0. The van der Waals surface area contributed by atoms with E-state index in [0.717, 1.165) is 0 Å². The summed E-state index contributed by atoms with van der Waals surface area (Å²) in [5.74, 6) is -0.451. The van der Waals surface area contributed by atoms with E-state index in [-0.39, 0.29) is 12.1 Å². The second-order valence-corrected chi connectivity index (χ2v) is 4.73. The highest BCUT2D eigenvalue weighted by molar-refractivity contribution is 5.73. The Balaban J connectivity index is 2.21. The molecule has 2 aromatic carbocycles. The molecular formula is C16H15NO6. The number of carboxylic acids is 1. The van der Waals surface area contributed by atoms with Gasteiger partial charge in [0, 0.05) is 18.6 Å². The molecule has 0 saturated heterocycles. The number of benzene rings is 2. The van der Waals surface area contributed by atoms with Crippen molar-refractivity contribution in [1.29, 1.82) is 0 Å². The molecule has 1 N–H and O–H groups in total. The Labute approximate surface area is 132 Å². The van der Waals surface area contributed by atoms with Crippen molar-refractivity contribution >= 4 is 11.7 Å². The van der Waals surface area contributed by atoms with Gasteiger partial charge in [-0.05, 0) is 17.7 Å². The molecule has 0 spiro atoms. The lowest BCUT2D eigenvalue weighted by Gasteiger charge is -2.17. The fourth-order valence-corrected chi connectivity index (χ4v) is 2.06. The summed E-state index contributed by atoms with van der Waals surface area (Å²) < 4.78 is 10.6. The van der Waals surface area contributed by atoms with Crippen LogP contribution < -0.4 is 9.47 Å². The molecule has 0 aliphatic rings. The largest absolute Gasteiger partial charge is 0.493 e. The Hall–Kier alpha value is -3.09. The van der Waals surface area contributed by atoms with Gasteiger partial charge in [0.1, 0.15) is 0 Å².